The second-order valence-electron chi connectivity index (χ2n) is 6.47. The van der Waals surface area contributed by atoms with Crippen LogP contribution in [0, 0.1) is 0 Å². The first kappa shape index (κ1) is 17.5. The molecule has 6 nitrogen and oxygen atoms in total. The highest BCUT2D eigenvalue weighted by molar-refractivity contribution is 7.18. The van der Waals surface area contributed by atoms with E-state index < -0.39 is 0 Å². The number of ether oxygens (including phenoxy) is 1. The second-order valence-corrected chi connectivity index (χ2v) is 7.44. The van der Waals surface area contributed by atoms with E-state index in [1.807, 2.05) is 66.9 Å². The third-order valence-electron chi connectivity index (χ3n) is 4.53. The van der Waals surface area contributed by atoms with Crippen LogP contribution < -0.4 is 10.1 Å². The van der Waals surface area contributed by atoms with E-state index in [1.54, 1.807) is 6.20 Å². The Hall–Kier alpha value is -3.58. The maximum atomic E-state index is 6.18. The van der Waals surface area contributed by atoms with Crippen LogP contribution in [0.1, 0.15) is 12.0 Å². The van der Waals surface area contributed by atoms with Crippen LogP contribution >= 0.6 is 11.3 Å². The van der Waals surface area contributed by atoms with Crippen LogP contribution in [-0.2, 0) is 6.42 Å². The summed E-state index contributed by atoms with van der Waals surface area (Å²) < 4.78 is 6.18. The minimum atomic E-state index is 0.493. The molecule has 1 aliphatic rings. The van der Waals surface area contributed by atoms with Crippen molar-refractivity contribution >= 4 is 34.1 Å². The van der Waals surface area contributed by atoms with Crippen molar-refractivity contribution < 1.29 is 4.74 Å². The Balaban J connectivity index is 1.41. The summed E-state index contributed by atoms with van der Waals surface area (Å²) in [5.41, 5.74) is 3.84. The smallest absolute Gasteiger partial charge is 0.243 e. The van der Waals surface area contributed by atoms with Gasteiger partial charge < -0.3 is 10.1 Å². The highest BCUT2D eigenvalue weighted by Crippen LogP contribution is 2.37. The molecule has 0 fully saturated rings. The first-order chi connectivity index (χ1) is 14.4. The summed E-state index contributed by atoms with van der Waals surface area (Å²) in [7, 11) is 0. The van der Waals surface area contributed by atoms with Gasteiger partial charge in [-0.25, -0.2) is 4.98 Å². The van der Waals surface area contributed by atoms with E-state index >= 15 is 0 Å². The van der Waals surface area contributed by atoms with Crippen molar-refractivity contribution in [3.63, 3.8) is 0 Å². The van der Waals surface area contributed by atoms with Crippen LogP contribution in [0.5, 0.6) is 11.6 Å². The predicted octanol–water partition coefficient (Wildman–Crippen LogP) is 5.78. The molecule has 2 aromatic carbocycles. The Morgan fingerprint density at radius 2 is 1.86 bits per heavy atom. The first-order valence-corrected chi connectivity index (χ1v) is 10.1. The van der Waals surface area contributed by atoms with E-state index in [0.29, 0.717) is 11.0 Å². The molecule has 0 saturated carbocycles. The summed E-state index contributed by atoms with van der Waals surface area (Å²) in [5.74, 6) is 1.27. The third kappa shape index (κ3) is 3.72. The summed E-state index contributed by atoms with van der Waals surface area (Å²) in [6, 6.07) is 19.7. The second kappa shape index (κ2) is 7.81. The summed E-state index contributed by atoms with van der Waals surface area (Å²) in [6.45, 7) is 0. The van der Waals surface area contributed by atoms with Gasteiger partial charge in [0.15, 0.2) is 0 Å². The van der Waals surface area contributed by atoms with E-state index in [-0.39, 0.29) is 0 Å². The standard InChI is InChI=1S/C22H17N5OS/c1-2-7-15(8-3-1)21-26-27-22(29-21)25-18-11-6-14-24-20(18)28-19-12-4-10-17-16(19)9-5-13-23-17/h1-4,6-8,10-14H,5,9H2,(H,25,27). The Labute approximate surface area is 172 Å². The molecule has 2 aromatic heterocycles. The SMILES string of the molecule is C1=Nc2cccc(Oc3ncccc3Nc3nnc(-c4ccccc4)s3)c2CC1. The van der Waals surface area contributed by atoms with E-state index in [9.17, 15) is 0 Å². The zero-order valence-corrected chi connectivity index (χ0v) is 16.3. The van der Waals surface area contributed by atoms with Crippen LogP contribution in [0.15, 0.2) is 71.9 Å². The molecule has 3 heterocycles. The number of aromatic nitrogens is 3. The van der Waals surface area contributed by atoms with Crippen molar-refractivity contribution in [3.8, 4) is 22.2 Å². The summed E-state index contributed by atoms with van der Waals surface area (Å²) in [6.07, 6.45) is 5.47. The zero-order valence-electron chi connectivity index (χ0n) is 15.4. The van der Waals surface area contributed by atoms with Gasteiger partial charge in [-0.2, -0.15) is 0 Å². The van der Waals surface area contributed by atoms with Gasteiger partial charge in [0.2, 0.25) is 11.0 Å². The number of nitrogens with one attached hydrogen (secondary N) is 1. The van der Waals surface area contributed by atoms with Crippen LogP contribution in [-0.4, -0.2) is 21.4 Å². The van der Waals surface area contributed by atoms with Gasteiger partial charge in [0.25, 0.3) is 0 Å². The molecule has 142 valence electrons. The molecule has 1 aliphatic heterocycles. The molecular weight excluding hydrogens is 382 g/mol. The van der Waals surface area contributed by atoms with Crippen LogP contribution in [0.2, 0.25) is 0 Å². The largest absolute Gasteiger partial charge is 0.437 e. The minimum absolute atomic E-state index is 0.493. The van der Waals surface area contributed by atoms with Crippen molar-refractivity contribution in [2.45, 2.75) is 12.8 Å². The monoisotopic (exact) mass is 399 g/mol. The highest BCUT2D eigenvalue weighted by Gasteiger charge is 2.15. The number of aliphatic imine (C=N–C) groups is 1. The molecule has 0 aliphatic carbocycles. The van der Waals surface area contributed by atoms with Gasteiger partial charge in [0, 0.05) is 23.5 Å². The Morgan fingerprint density at radius 3 is 2.79 bits per heavy atom. The molecule has 5 rings (SSSR count). The average Bonchev–Trinajstić information content (AvgIpc) is 3.25. The van der Waals surface area contributed by atoms with Crippen molar-refractivity contribution in [2.75, 3.05) is 5.32 Å². The molecular formula is C22H17N5OS. The number of benzene rings is 2. The normalized spacial score (nSPS) is 12.4. The molecule has 29 heavy (non-hydrogen) atoms. The number of hydrogen-bond acceptors (Lipinski definition) is 7. The number of fused-ring (bicyclic) bond motifs is 1. The Bertz CT molecular complexity index is 1170. The molecule has 0 atom stereocenters. The Kier molecular flexibility index (Phi) is 4.72. The van der Waals surface area contributed by atoms with Crippen LogP contribution in [0.3, 0.4) is 0 Å². The molecule has 0 saturated heterocycles. The summed E-state index contributed by atoms with van der Waals surface area (Å²) >= 11 is 1.48. The summed E-state index contributed by atoms with van der Waals surface area (Å²) in [5, 5.41) is 13.4. The molecule has 0 radical (unpaired) electrons. The number of pyridine rings is 1. The van der Waals surface area contributed by atoms with Crippen LogP contribution in [0.25, 0.3) is 10.6 Å². The molecule has 0 bridgehead atoms. The van der Waals surface area contributed by atoms with Gasteiger partial charge in [0.05, 0.1) is 5.69 Å². The zero-order chi connectivity index (χ0) is 19.5. The van der Waals surface area contributed by atoms with Crippen molar-refractivity contribution in [1.29, 1.82) is 0 Å². The molecule has 0 unspecified atom stereocenters. The van der Waals surface area contributed by atoms with Gasteiger partial charge in [-0.15, -0.1) is 10.2 Å². The molecule has 0 spiro atoms. The van der Waals surface area contributed by atoms with Gasteiger partial charge in [-0.05, 0) is 37.1 Å². The van der Waals surface area contributed by atoms with Gasteiger partial charge in [0.1, 0.15) is 16.4 Å². The Morgan fingerprint density at radius 1 is 0.931 bits per heavy atom. The number of rotatable bonds is 5. The van der Waals surface area contributed by atoms with Crippen LogP contribution in [0.4, 0.5) is 16.5 Å². The average molecular weight is 399 g/mol. The third-order valence-corrected chi connectivity index (χ3v) is 5.42. The van der Waals surface area contributed by atoms with Crippen molar-refractivity contribution in [2.24, 2.45) is 4.99 Å². The van der Waals surface area contributed by atoms with E-state index in [4.69, 9.17) is 4.74 Å². The number of nitrogens with zero attached hydrogens (tertiary/aromatic N) is 4. The maximum absolute atomic E-state index is 6.18. The lowest BCUT2D eigenvalue weighted by Gasteiger charge is -2.16. The fourth-order valence-corrected chi connectivity index (χ4v) is 3.91. The van der Waals surface area contributed by atoms with E-state index in [0.717, 1.165) is 46.1 Å². The van der Waals surface area contributed by atoms with Gasteiger partial charge in [-0.1, -0.05) is 47.7 Å². The molecule has 7 heteroatoms. The molecule has 0 amide bonds. The van der Waals surface area contributed by atoms with Gasteiger partial charge in [-0.3, -0.25) is 4.99 Å². The fraction of sp³-hybridized carbons (Fsp3) is 0.0909. The van der Waals surface area contributed by atoms with Crippen molar-refractivity contribution in [3.05, 3.63) is 72.4 Å². The predicted molar refractivity (Wildman–Crippen MR) is 116 cm³/mol. The number of hydrogen-bond donors (Lipinski definition) is 1. The highest BCUT2D eigenvalue weighted by atomic mass is 32.1. The van der Waals surface area contributed by atoms with E-state index in [1.165, 1.54) is 11.3 Å². The van der Waals surface area contributed by atoms with Crippen molar-refractivity contribution in [1.82, 2.24) is 15.2 Å². The topological polar surface area (TPSA) is 72.3 Å². The van der Waals surface area contributed by atoms with Gasteiger partial charge >= 0.3 is 0 Å². The lowest BCUT2D eigenvalue weighted by Crippen LogP contribution is -2.00. The first-order valence-electron chi connectivity index (χ1n) is 9.30. The quantitative estimate of drug-likeness (QED) is 0.460. The molecule has 1 N–H and O–H groups in total. The van der Waals surface area contributed by atoms with E-state index in [2.05, 4.69) is 25.5 Å². The molecule has 4 aromatic rings. The maximum Gasteiger partial charge on any atom is 0.243 e. The summed E-state index contributed by atoms with van der Waals surface area (Å²) in [4.78, 5) is 8.88. The lowest BCUT2D eigenvalue weighted by atomic mass is 10.0. The number of anilines is 2. The fourth-order valence-electron chi connectivity index (χ4n) is 3.15. The lowest BCUT2D eigenvalue weighted by molar-refractivity contribution is 0.459. The minimum Gasteiger partial charge on any atom is -0.437 e.